The molecule has 0 aliphatic carbocycles. The van der Waals surface area contributed by atoms with E-state index in [0.717, 1.165) is 35.7 Å². The molecule has 1 aromatic carbocycles. The molecule has 128 valence electrons. The fourth-order valence-electron chi connectivity index (χ4n) is 2.90. The van der Waals surface area contributed by atoms with Gasteiger partial charge in [0.15, 0.2) is 0 Å². The number of furan rings is 1. The molecule has 24 heavy (non-hydrogen) atoms. The molecular formula is C18H21ClN2O2S. The van der Waals surface area contributed by atoms with Crippen molar-refractivity contribution < 1.29 is 9.21 Å². The predicted octanol–water partition coefficient (Wildman–Crippen LogP) is 3.38. The molecule has 0 bridgehead atoms. The maximum Gasteiger partial charge on any atom is 0.224 e. The Morgan fingerprint density at radius 3 is 2.79 bits per heavy atom. The van der Waals surface area contributed by atoms with E-state index in [4.69, 9.17) is 16.0 Å². The molecule has 1 amide bonds. The van der Waals surface area contributed by atoms with Crippen LogP contribution in [0.3, 0.4) is 0 Å². The van der Waals surface area contributed by atoms with Crippen molar-refractivity contribution >= 4 is 29.3 Å². The Bertz CT molecular complexity index is 657. The number of carbonyl (C=O) groups excluding carboxylic acids is 1. The van der Waals surface area contributed by atoms with Crippen LogP contribution in [0.25, 0.3) is 0 Å². The second-order valence-electron chi connectivity index (χ2n) is 5.79. The summed E-state index contributed by atoms with van der Waals surface area (Å²) in [5, 5.41) is 3.69. The number of thioether (sulfide) groups is 1. The lowest BCUT2D eigenvalue weighted by Gasteiger charge is -2.34. The quantitative estimate of drug-likeness (QED) is 0.853. The molecule has 6 heteroatoms. The SMILES string of the molecule is O=C(Cc1ccccc1Cl)NC[C@@H](c1ccoc1)N1CCSCC1. The minimum atomic E-state index is -0.0111. The highest BCUT2D eigenvalue weighted by atomic mass is 35.5. The topological polar surface area (TPSA) is 45.5 Å². The Labute approximate surface area is 151 Å². The molecule has 0 unspecified atom stereocenters. The Balaban J connectivity index is 1.61. The molecule has 1 saturated heterocycles. The second kappa shape index (κ2) is 8.60. The van der Waals surface area contributed by atoms with Crippen LogP contribution in [0.15, 0.2) is 47.3 Å². The van der Waals surface area contributed by atoms with Gasteiger partial charge in [0.05, 0.1) is 25.0 Å². The van der Waals surface area contributed by atoms with Crippen LogP contribution in [0.2, 0.25) is 5.02 Å². The number of benzene rings is 1. The molecule has 1 N–H and O–H groups in total. The summed E-state index contributed by atoms with van der Waals surface area (Å²) in [6.07, 6.45) is 3.76. The van der Waals surface area contributed by atoms with Gasteiger partial charge in [0.25, 0.3) is 0 Å². The van der Waals surface area contributed by atoms with Crippen molar-refractivity contribution in [1.29, 1.82) is 0 Å². The van der Waals surface area contributed by atoms with Gasteiger partial charge < -0.3 is 9.73 Å². The van der Waals surface area contributed by atoms with Gasteiger partial charge in [-0.3, -0.25) is 9.69 Å². The van der Waals surface area contributed by atoms with Crippen molar-refractivity contribution in [1.82, 2.24) is 10.2 Å². The maximum absolute atomic E-state index is 12.3. The van der Waals surface area contributed by atoms with Crippen molar-refractivity contribution in [3.05, 3.63) is 59.0 Å². The number of hydrogen-bond donors (Lipinski definition) is 1. The number of hydrogen-bond acceptors (Lipinski definition) is 4. The van der Waals surface area contributed by atoms with Gasteiger partial charge in [0.2, 0.25) is 5.91 Å². The van der Waals surface area contributed by atoms with Gasteiger partial charge in [0, 0.05) is 41.7 Å². The second-order valence-corrected chi connectivity index (χ2v) is 7.43. The van der Waals surface area contributed by atoms with Crippen LogP contribution in [-0.2, 0) is 11.2 Å². The van der Waals surface area contributed by atoms with E-state index in [0.29, 0.717) is 18.0 Å². The third-order valence-electron chi connectivity index (χ3n) is 4.22. The van der Waals surface area contributed by atoms with E-state index in [-0.39, 0.29) is 11.9 Å². The van der Waals surface area contributed by atoms with E-state index in [9.17, 15) is 4.79 Å². The van der Waals surface area contributed by atoms with Crippen LogP contribution >= 0.6 is 23.4 Å². The van der Waals surface area contributed by atoms with E-state index in [1.807, 2.05) is 42.1 Å². The van der Waals surface area contributed by atoms with Gasteiger partial charge in [-0.2, -0.15) is 11.8 Å². The number of nitrogens with one attached hydrogen (secondary N) is 1. The first-order chi connectivity index (χ1) is 11.7. The van der Waals surface area contributed by atoms with Gasteiger partial charge in [0.1, 0.15) is 0 Å². The summed E-state index contributed by atoms with van der Waals surface area (Å²) in [4.78, 5) is 14.7. The van der Waals surface area contributed by atoms with Crippen molar-refractivity contribution in [2.45, 2.75) is 12.5 Å². The maximum atomic E-state index is 12.3. The number of rotatable bonds is 6. The summed E-state index contributed by atoms with van der Waals surface area (Å²) in [6, 6.07) is 9.59. The smallest absolute Gasteiger partial charge is 0.224 e. The van der Waals surface area contributed by atoms with Crippen LogP contribution in [0.4, 0.5) is 0 Å². The van der Waals surface area contributed by atoms with Gasteiger partial charge in [-0.05, 0) is 17.7 Å². The molecule has 3 rings (SSSR count). The minimum absolute atomic E-state index is 0.0111. The standard InChI is InChI=1S/C18H21ClN2O2S/c19-16-4-2-1-3-14(16)11-18(22)20-12-17(15-5-8-23-13-15)21-6-9-24-10-7-21/h1-5,8,13,17H,6-7,9-12H2,(H,20,22)/t17-/m0/s1. The number of nitrogens with zero attached hydrogens (tertiary/aromatic N) is 1. The van der Waals surface area contributed by atoms with Gasteiger partial charge in [-0.15, -0.1) is 0 Å². The summed E-state index contributed by atoms with van der Waals surface area (Å²) >= 11 is 8.11. The minimum Gasteiger partial charge on any atom is -0.472 e. The lowest BCUT2D eigenvalue weighted by atomic mass is 10.1. The van der Waals surface area contributed by atoms with Crippen LogP contribution in [0.1, 0.15) is 17.2 Å². The number of halogens is 1. The van der Waals surface area contributed by atoms with Crippen molar-refractivity contribution in [3.63, 3.8) is 0 Å². The van der Waals surface area contributed by atoms with Crippen LogP contribution in [0, 0.1) is 0 Å². The molecule has 4 nitrogen and oxygen atoms in total. The van der Waals surface area contributed by atoms with E-state index < -0.39 is 0 Å². The third kappa shape index (κ3) is 4.56. The zero-order chi connectivity index (χ0) is 16.8. The van der Waals surface area contributed by atoms with Crippen LogP contribution in [0.5, 0.6) is 0 Å². The highest BCUT2D eigenvalue weighted by molar-refractivity contribution is 7.99. The summed E-state index contributed by atoms with van der Waals surface area (Å²) in [5.41, 5.74) is 1.96. The predicted molar refractivity (Wildman–Crippen MR) is 98.5 cm³/mol. The lowest BCUT2D eigenvalue weighted by molar-refractivity contribution is -0.120. The zero-order valence-corrected chi connectivity index (χ0v) is 15.0. The molecular weight excluding hydrogens is 344 g/mol. The molecule has 0 saturated carbocycles. The lowest BCUT2D eigenvalue weighted by Crippen LogP contribution is -2.42. The average Bonchev–Trinajstić information content (AvgIpc) is 3.12. The molecule has 2 aromatic rings. The van der Waals surface area contributed by atoms with Crippen molar-refractivity contribution in [2.24, 2.45) is 0 Å². The normalized spacial score (nSPS) is 16.7. The first-order valence-electron chi connectivity index (χ1n) is 8.08. The highest BCUT2D eigenvalue weighted by Crippen LogP contribution is 2.24. The Hall–Kier alpha value is -1.43. The highest BCUT2D eigenvalue weighted by Gasteiger charge is 2.23. The Morgan fingerprint density at radius 2 is 2.08 bits per heavy atom. The largest absolute Gasteiger partial charge is 0.472 e. The first-order valence-corrected chi connectivity index (χ1v) is 9.61. The van der Waals surface area contributed by atoms with Crippen molar-refractivity contribution in [3.8, 4) is 0 Å². The van der Waals surface area contributed by atoms with Crippen LogP contribution in [-0.4, -0.2) is 41.9 Å². The summed E-state index contributed by atoms with van der Waals surface area (Å²) in [6.45, 7) is 2.63. The monoisotopic (exact) mass is 364 g/mol. The summed E-state index contributed by atoms with van der Waals surface area (Å²) in [5.74, 6) is 2.24. The molecule has 0 spiro atoms. The number of carbonyl (C=O) groups is 1. The van der Waals surface area contributed by atoms with Crippen LogP contribution < -0.4 is 5.32 Å². The van der Waals surface area contributed by atoms with Gasteiger partial charge in [-0.1, -0.05) is 29.8 Å². The summed E-state index contributed by atoms with van der Waals surface area (Å²) < 4.78 is 5.24. The number of amides is 1. The van der Waals surface area contributed by atoms with E-state index in [2.05, 4.69) is 10.2 Å². The van der Waals surface area contributed by atoms with E-state index in [1.54, 1.807) is 12.5 Å². The van der Waals surface area contributed by atoms with Gasteiger partial charge >= 0.3 is 0 Å². The van der Waals surface area contributed by atoms with Crippen molar-refractivity contribution in [2.75, 3.05) is 31.1 Å². The molecule has 2 heterocycles. The molecule has 1 aliphatic heterocycles. The first kappa shape index (κ1) is 17.4. The third-order valence-corrected chi connectivity index (χ3v) is 5.53. The zero-order valence-electron chi connectivity index (χ0n) is 13.4. The summed E-state index contributed by atoms with van der Waals surface area (Å²) in [7, 11) is 0. The molecule has 1 fully saturated rings. The molecule has 1 aromatic heterocycles. The molecule has 1 aliphatic rings. The Morgan fingerprint density at radius 1 is 1.29 bits per heavy atom. The average molecular weight is 365 g/mol. The molecule has 1 atom stereocenters. The fourth-order valence-corrected chi connectivity index (χ4v) is 4.03. The fraction of sp³-hybridized carbons (Fsp3) is 0.389. The molecule has 0 radical (unpaired) electrons. The van der Waals surface area contributed by atoms with Gasteiger partial charge in [-0.25, -0.2) is 0 Å². The van der Waals surface area contributed by atoms with E-state index in [1.165, 1.54) is 0 Å². The van der Waals surface area contributed by atoms with E-state index >= 15 is 0 Å². The Kier molecular flexibility index (Phi) is 6.24.